The van der Waals surface area contributed by atoms with Gasteiger partial charge in [0.25, 0.3) is 11.5 Å². The Morgan fingerprint density at radius 2 is 2.00 bits per heavy atom. The summed E-state index contributed by atoms with van der Waals surface area (Å²) in [7, 11) is 0. The zero-order valence-electron chi connectivity index (χ0n) is 18.3. The SMILES string of the molecule is CCc1c(C)nc(-n2nc(-c3cccs3)cc2NC(=O)c2cc(=O)c3ccccc3o2)[nH]c1=O. The highest BCUT2D eigenvalue weighted by molar-refractivity contribution is 7.13. The van der Waals surface area contributed by atoms with Crippen molar-refractivity contribution in [2.45, 2.75) is 20.3 Å². The number of nitrogens with zero attached hydrogens (tertiary/aromatic N) is 3. The van der Waals surface area contributed by atoms with Gasteiger partial charge in [-0.25, -0.2) is 4.98 Å². The number of anilines is 1. The predicted molar refractivity (Wildman–Crippen MR) is 130 cm³/mol. The van der Waals surface area contributed by atoms with Gasteiger partial charge in [-0.15, -0.1) is 11.3 Å². The van der Waals surface area contributed by atoms with Crippen LogP contribution in [0.25, 0.3) is 27.5 Å². The van der Waals surface area contributed by atoms with Gasteiger partial charge in [-0.05, 0) is 36.9 Å². The number of carbonyl (C=O) groups excluding carboxylic acids is 1. The number of nitrogens with one attached hydrogen (secondary N) is 2. The topological polar surface area (TPSA) is 123 Å². The van der Waals surface area contributed by atoms with Crippen molar-refractivity contribution in [2.75, 3.05) is 5.32 Å². The van der Waals surface area contributed by atoms with E-state index in [0.717, 1.165) is 10.9 Å². The number of aromatic nitrogens is 4. The third kappa shape index (κ3) is 3.84. The van der Waals surface area contributed by atoms with E-state index >= 15 is 0 Å². The molecular weight excluding hydrogens is 454 g/mol. The third-order valence-corrected chi connectivity index (χ3v) is 6.24. The second-order valence-corrected chi connectivity index (χ2v) is 8.48. The highest BCUT2D eigenvalue weighted by atomic mass is 32.1. The Bertz CT molecular complexity index is 1650. The van der Waals surface area contributed by atoms with Gasteiger partial charge in [-0.3, -0.25) is 19.4 Å². The second kappa shape index (κ2) is 8.56. The largest absolute Gasteiger partial charge is 0.451 e. The van der Waals surface area contributed by atoms with Crippen molar-refractivity contribution in [3.8, 4) is 16.5 Å². The monoisotopic (exact) mass is 473 g/mol. The number of aryl methyl sites for hydroxylation is 1. The Labute approximate surface area is 196 Å². The number of thiophene rings is 1. The molecule has 0 aliphatic heterocycles. The summed E-state index contributed by atoms with van der Waals surface area (Å²) in [5, 5.41) is 9.60. The molecule has 1 amide bonds. The summed E-state index contributed by atoms with van der Waals surface area (Å²) in [4.78, 5) is 46.1. The molecule has 0 bridgehead atoms. The van der Waals surface area contributed by atoms with Crippen molar-refractivity contribution in [3.05, 3.63) is 91.5 Å². The van der Waals surface area contributed by atoms with Gasteiger partial charge in [0, 0.05) is 23.4 Å². The molecule has 10 heteroatoms. The van der Waals surface area contributed by atoms with E-state index in [0.29, 0.717) is 34.3 Å². The van der Waals surface area contributed by atoms with Crippen LogP contribution in [0.3, 0.4) is 0 Å². The minimum atomic E-state index is -0.633. The van der Waals surface area contributed by atoms with Crippen molar-refractivity contribution < 1.29 is 9.21 Å². The highest BCUT2D eigenvalue weighted by Crippen LogP contribution is 2.27. The lowest BCUT2D eigenvalue weighted by atomic mass is 10.2. The van der Waals surface area contributed by atoms with Gasteiger partial charge in [0.15, 0.2) is 11.2 Å². The van der Waals surface area contributed by atoms with Crippen LogP contribution in [-0.4, -0.2) is 25.7 Å². The molecule has 34 heavy (non-hydrogen) atoms. The standard InChI is InChI=1S/C24H19N5O4S/c1-3-14-13(2)25-24(27-22(14)31)29-21(11-16(28-29)20-9-6-10-34-20)26-23(32)19-12-17(30)15-7-4-5-8-18(15)33-19/h4-12H,3H2,1-2H3,(H,26,32)(H,25,27,31). The van der Waals surface area contributed by atoms with Crippen LogP contribution < -0.4 is 16.3 Å². The summed E-state index contributed by atoms with van der Waals surface area (Å²) in [5.74, 6) is -0.354. The second-order valence-electron chi connectivity index (χ2n) is 7.54. The van der Waals surface area contributed by atoms with Crippen LogP contribution in [0.1, 0.15) is 28.7 Å². The van der Waals surface area contributed by atoms with Gasteiger partial charge in [-0.1, -0.05) is 25.1 Å². The van der Waals surface area contributed by atoms with Crippen LogP contribution >= 0.6 is 11.3 Å². The summed E-state index contributed by atoms with van der Waals surface area (Å²) in [6, 6.07) is 13.3. The first-order chi connectivity index (χ1) is 16.4. The number of aromatic amines is 1. The Hall–Kier alpha value is -4.31. The van der Waals surface area contributed by atoms with Crippen molar-refractivity contribution >= 4 is 34.0 Å². The lowest BCUT2D eigenvalue weighted by molar-refractivity contribution is 0.0996. The first-order valence-electron chi connectivity index (χ1n) is 10.5. The van der Waals surface area contributed by atoms with Gasteiger partial charge in [0.05, 0.1) is 10.3 Å². The smallest absolute Gasteiger partial charge is 0.292 e. The quantitative estimate of drug-likeness (QED) is 0.399. The van der Waals surface area contributed by atoms with Crippen LogP contribution in [0, 0.1) is 6.92 Å². The molecule has 0 radical (unpaired) electrons. The van der Waals surface area contributed by atoms with Crippen molar-refractivity contribution in [3.63, 3.8) is 0 Å². The molecule has 9 nitrogen and oxygen atoms in total. The fourth-order valence-electron chi connectivity index (χ4n) is 3.68. The normalized spacial score (nSPS) is 11.1. The van der Waals surface area contributed by atoms with Gasteiger partial charge in [0.2, 0.25) is 5.95 Å². The number of hydrogen-bond donors (Lipinski definition) is 2. The lowest BCUT2D eigenvalue weighted by Crippen LogP contribution is -2.22. The molecule has 0 saturated heterocycles. The van der Waals surface area contributed by atoms with Crippen LogP contribution in [0.15, 0.2) is 67.9 Å². The van der Waals surface area contributed by atoms with E-state index in [9.17, 15) is 14.4 Å². The fraction of sp³-hybridized carbons (Fsp3) is 0.125. The maximum Gasteiger partial charge on any atom is 0.292 e. The average molecular weight is 474 g/mol. The Morgan fingerprint density at radius 1 is 1.18 bits per heavy atom. The van der Waals surface area contributed by atoms with Gasteiger partial charge in [-0.2, -0.15) is 9.78 Å². The number of fused-ring (bicyclic) bond motifs is 1. The van der Waals surface area contributed by atoms with Gasteiger partial charge < -0.3 is 9.73 Å². The molecule has 0 saturated carbocycles. The number of H-pyrrole nitrogens is 1. The molecule has 5 rings (SSSR count). The molecule has 0 spiro atoms. The average Bonchev–Trinajstić information content (AvgIpc) is 3.49. The summed E-state index contributed by atoms with van der Waals surface area (Å²) in [6.07, 6.45) is 0.540. The number of rotatable bonds is 5. The summed E-state index contributed by atoms with van der Waals surface area (Å²) in [6.45, 7) is 3.63. The molecule has 0 aliphatic rings. The number of carbonyl (C=O) groups is 1. The summed E-state index contributed by atoms with van der Waals surface area (Å²) < 4.78 is 7.02. The first-order valence-corrected chi connectivity index (χ1v) is 11.4. The number of para-hydroxylation sites is 1. The predicted octanol–water partition coefficient (Wildman–Crippen LogP) is 3.91. The van der Waals surface area contributed by atoms with Crippen LogP contribution in [0.5, 0.6) is 0 Å². The van der Waals surface area contributed by atoms with Crippen LogP contribution in [0.2, 0.25) is 0 Å². The van der Waals surface area contributed by atoms with Crippen molar-refractivity contribution in [1.29, 1.82) is 0 Å². The molecule has 4 aromatic heterocycles. The molecule has 4 heterocycles. The van der Waals surface area contributed by atoms with E-state index in [1.165, 1.54) is 16.0 Å². The molecule has 0 atom stereocenters. The van der Waals surface area contributed by atoms with E-state index in [4.69, 9.17) is 4.42 Å². The minimum absolute atomic E-state index is 0.145. The maximum atomic E-state index is 13.0. The van der Waals surface area contributed by atoms with Crippen molar-refractivity contribution in [1.82, 2.24) is 19.7 Å². The number of benzene rings is 1. The molecule has 0 fully saturated rings. The first kappa shape index (κ1) is 21.5. The fourth-order valence-corrected chi connectivity index (χ4v) is 4.36. The number of hydrogen-bond acceptors (Lipinski definition) is 7. The minimum Gasteiger partial charge on any atom is -0.451 e. The number of amides is 1. The van der Waals surface area contributed by atoms with Gasteiger partial charge >= 0.3 is 0 Å². The molecule has 1 aromatic carbocycles. The van der Waals surface area contributed by atoms with E-state index in [2.05, 4.69) is 20.4 Å². The van der Waals surface area contributed by atoms with Crippen LogP contribution in [0.4, 0.5) is 5.82 Å². The van der Waals surface area contributed by atoms with E-state index < -0.39 is 5.91 Å². The third-order valence-electron chi connectivity index (χ3n) is 5.35. The van der Waals surface area contributed by atoms with Crippen LogP contribution in [-0.2, 0) is 6.42 Å². The Kier molecular flexibility index (Phi) is 5.42. The molecular formula is C24H19N5O4S. The molecule has 2 N–H and O–H groups in total. The Morgan fingerprint density at radius 3 is 2.74 bits per heavy atom. The van der Waals surface area contributed by atoms with E-state index in [-0.39, 0.29) is 28.5 Å². The summed E-state index contributed by atoms with van der Waals surface area (Å²) >= 11 is 1.48. The van der Waals surface area contributed by atoms with Gasteiger partial charge in [0.1, 0.15) is 17.1 Å². The maximum absolute atomic E-state index is 13.0. The zero-order valence-corrected chi connectivity index (χ0v) is 19.1. The molecule has 0 aliphatic carbocycles. The van der Waals surface area contributed by atoms with E-state index in [1.54, 1.807) is 37.3 Å². The Balaban J connectivity index is 1.59. The van der Waals surface area contributed by atoms with Crippen molar-refractivity contribution in [2.24, 2.45) is 0 Å². The molecule has 170 valence electrons. The summed E-state index contributed by atoms with van der Waals surface area (Å²) in [5.41, 5.74) is 1.47. The lowest BCUT2D eigenvalue weighted by Gasteiger charge is -2.10. The van der Waals surface area contributed by atoms with E-state index in [1.807, 2.05) is 24.4 Å². The molecule has 5 aromatic rings. The zero-order chi connectivity index (χ0) is 23.8. The molecule has 0 unspecified atom stereocenters. The highest BCUT2D eigenvalue weighted by Gasteiger charge is 2.20.